The van der Waals surface area contributed by atoms with E-state index in [4.69, 9.17) is 9.84 Å². The lowest BCUT2D eigenvalue weighted by Gasteiger charge is -2.21. The van der Waals surface area contributed by atoms with Gasteiger partial charge >= 0.3 is 12.3 Å². The topological polar surface area (TPSA) is 96.9 Å². The number of halogens is 3. The van der Waals surface area contributed by atoms with Crippen molar-refractivity contribution >= 4 is 17.6 Å². The highest BCUT2D eigenvalue weighted by Gasteiger charge is 2.31. The van der Waals surface area contributed by atoms with Crippen LogP contribution < -0.4 is 15.4 Å². The Morgan fingerprint density at radius 3 is 2.02 bits per heavy atom. The van der Waals surface area contributed by atoms with E-state index in [1.54, 1.807) is 36.4 Å². The largest absolute Gasteiger partial charge is 0.573 e. The number of alkyl halides is 3. The second kappa shape index (κ2) is 14.4. The quantitative estimate of drug-likeness (QED) is 0.220. The van der Waals surface area contributed by atoms with Gasteiger partial charge < -0.3 is 25.2 Å². The van der Waals surface area contributed by atoms with Gasteiger partial charge in [0.15, 0.2) is 0 Å². The van der Waals surface area contributed by atoms with Crippen LogP contribution >= 0.6 is 0 Å². The molecule has 0 aliphatic carbocycles. The van der Waals surface area contributed by atoms with Gasteiger partial charge in [0.05, 0.1) is 19.1 Å². The maximum absolute atomic E-state index is 12.4. The van der Waals surface area contributed by atoms with Crippen LogP contribution in [0.25, 0.3) is 11.1 Å². The normalized spacial score (nSPS) is 12.2. The number of amides is 1. The first kappa shape index (κ1) is 30.5. The fraction of sp³-hybridized carbons (Fsp3) is 0.333. The third-order valence-electron chi connectivity index (χ3n) is 5.77. The van der Waals surface area contributed by atoms with E-state index in [-0.39, 0.29) is 30.7 Å². The van der Waals surface area contributed by atoms with Crippen LogP contribution in [-0.2, 0) is 16.0 Å². The lowest BCUT2D eigenvalue weighted by Crippen LogP contribution is -2.29. The average Bonchev–Trinajstić information content (AvgIpc) is 2.88. The van der Waals surface area contributed by atoms with Crippen LogP contribution in [0, 0.1) is 5.92 Å². The number of carboxylic acids is 1. The Morgan fingerprint density at radius 2 is 1.48 bits per heavy atom. The van der Waals surface area contributed by atoms with Crippen LogP contribution in [0.1, 0.15) is 36.2 Å². The number of hydrogen-bond donors (Lipinski definition) is 3. The molecule has 214 valence electrons. The van der Waals surface area contributed by atoms with Gasteiger partial charge in [0.1, 0.15) is 5.75 Å². The Labute approximate surface area is 231 Å². The summed E-state index contributed by atoms with van der Waals surface area (Å²) in [5, 5.41) is 14.7. The molecule has 0 aromatic heterocycles. The number of carboxylic acid groups (broad SMARTS) is 1. The molecule has 3 rings (SSSR count). The number of aliphatic carboxylic acids is 1. The van der Waals surface area contributed by atoms with Crippen LogP contribution in [0.3, 0.4) is 0 Å². The number of hydrogen-bond acceptors (Lipinski definition) is 5. The summed E-state index contributed by atoms with van der Waals surface area (Å²) in [7, 11) is 0. The minimum Gasteiger partial charge on any atom is -0.481 e. The van der Waals surface area contributed by atoms with Gasteiger partial charge in [-0.3, -0.25) is 9.59 Å². The molecule has 0 fully saturated rings. The Morgan fingerprint density at radius 1 is 0.875 bits per heavy atom. The zero-order valence-corrected chi connectivity index (χ0v) is 22.3. The summed E-state index contributed by atoms with van der Waals surface area (Å²) in [6.45, 7) is 5.27. The third kappa shape index (κ3) is 10.6. The molecule has 7 nitrogen and oxygen atoms in total. The van der Waals surface area contributed by atoms with Crippen LogP contribution in [0.2, 0.25) is 0 Å². The molecule has 10 heteroatoms. The van der Waals surface area contributed by atoms with Gasteiger partial charge in [0, 0.05) is 24.4 Å². The van der Waals surface area contributed by atoms with E-state index in [1.807, 2.05) is 24.3 Å². The number of ether oxygens (including phenoxy) is 2. The molecule has 0 spiro atoms. The standard InChI is InChI=1S/C30H33F3N2O5/c1-20(2)18-39-19-26(35-25-11-7-24(8-12-25)29(38)34-16-15-28(36)37)17-21-3-5-22(6-4-21)23-9-13-27(14-10-23)40-30(31,32)33/h3-14,20,26,35H,15-19H2,1-2H3,(H,34,38)(H,36,37)/t26-/m1/s1. The highest BCUT2D eigenvalue weighted by atomic mass is 19.4. The summed E-state index contributed by atoms with van der Waals surface area (Å²) in [6, 6.07) is 20.3. The first-order valence-electron chi connectivity index (χ1n) is 12.9. The zero-order chi connectivity index (χ0) is 29.1. The molecule has 3 aromatic rings. The molecule has 0 bridgehead atoms. The van der Waals surface area contributed by atoms with Gasteiger partial charge in [-0.25, -0.2) is 0 Å². The van der Waals surface area contributed by atoms with Crippen molar-refractivity contribution in [3.8, 4) is 16.9 Å². The van der Waals surface area contributed by atoms with Crippen LogP contribution in [-0.4, -0.2) is 49.1 Å². The number of carbonyl (C=O) groups excluding carboxylic acids is 1. The van der Waals surface area contributed by atoms with Crippen molar-refractivity contribution in [3.05, 3.63) is 83.9 Å². The molecule has 0 saturated carbocycles. The monoisotopic (exact) mass is 558 g/mol. The minimum absolute atomic E-state index is 0.0556. The van der Waals surface area contributed by atoms with Crippen molar-refractivity contribution in [2.45, 2.75) is 39.1 Å². The van der Waals surface area contributed by atoms with Crippen LogP contribution in [0.4, 0.5) is 18.9 Å². The molecule has 0 aliphatic heterocycles. The fourth-order valence-electron chi connectivity index (χ4n) is 3.90. The van der Waals surface area contributed by atoms with E-state index in [0.717, 1.165) is 22.4 Å². The molecule has 0 unspecified atom stereocenters. The molecule has 40 heavy (non-hydrogen) atoms. The smallest absolute Gasteiger partial charge is 0.481 e. The third-order valence-corrected chi connectivity index (χ3v) is 5.77. The number of nitrogens with one attached hydrogen (secondary N) is 2. The SMILES string of the molecule is CC(C)COC[C@@H](Cc1ccc(-c2ccc(OC(F)(F)F)cc2)cc1)Nc1ccc(C(=O)NCCC(=O)O)cc1. The Balaban J connectivity index is 1.64. The second-order valence-corrected chi connectivity index (χ2v) is 9.72. The first-order chi connectivity index (χ1) is 19.0. The molecule has 0 radical (unpaired) electrons. The van der Waals surface area contributed by atoms with Crippen molar-refractivity contribution in [3.63, 3.8) is 0 Å². The van der Waals surface area contributed by atoms with E-state index >= 15 is 0 Å². The molecular weight excluding hydrogens is 525 g/mol. The second-order valence-electron chi connectivity index (χ2n) is 9.72. The predicted molar refractivity (Wildman–Crippen MR) is 146 cm³/mol. The summed E-state index contributed by atoms with van der Waals surface area (Å²) in [5.41, 5.74) is 3.90. The first-order valence-corrected chi connectivity index (χ1v) is 12.9. The van der Waals surface area contributed by atoms with Crippen LogP contribution in [0.15, 0.2) is 72.8 Å². The molecule has 1 amide bonds. The molecule has 0 aliphatic rings. The average molecular weight is 559 g/mol. The molecule has 3 N–H and O–H groups in total. The maximum Gasteiger partial charge on any atom is 0.573 e. The molecule has 0 heterocycles. The highest BCUT2D eigenvalue weighted by molar-refractivity contribution is 5.94. The van der Waals surface area contributed by atoms with Crippen molar-refractivity contribution in [2.24, 2.45) is 5.92 Å². The lowest BCUT2D eigenvalue weighted by atomic mass is 10.0. The summed E-state index contributed by atoms with van der Waals surface area (Å²) < 4.78 is 47.1. The molecule has 1 atom stereocenters. The predicted octanol–water partition coefficient (Wildman–Crippen LogP) is 6.15. The van der Waals surface area contributed by atoms with E-state index in [2.05, 4.69) is 29.2 Å². The Hall–Kier alpha value is -4.05. The number of anilines is 1. The van der Waals surface area contributed by atoms with Gasteiger partial charge in [-0.15, -0.1) is 13.2 Å². The zero-order valence-electron chi connectivity index (χ0n) is 22.3. The fourth-order valence-corrected chi connectivity index (χ4v) is 3.90. The minimum atomic E-state index is -4.73. The Bertz CT molecular complexity index is 1230. The van der Waals surface area contributed by atoms with Crippen molar-refractivity contribution in [1.82, 2.24) is 5.32 Å². The van der Waals surface area contributed by atoms with Gasteiger partial charge in [0.2, 0.25) is 0 Å². The van der Waals surface area contributed by atoms with E-state index in [0.29, 0.717) is 31.1 Å². The molecular formula is C30H33F3N2O5. The maximum atomic E-state index is 12.4. The van der Waals surface area contributed by atoms with Gasteiger partial charge in [-0.2, -0.15) is 0 Å². The Kier molecular flexibility index (Phi) is 11.0. The van der Waals surface area contributed by atoms with Crippen molar-refractivity contribution < 1.29 is 37.3 Å². The molecule has 3 aromatic carbocycles. The molecule has 0 saturated heterocycles. The summed E-state index contributed by atoms with van der Waals surface area (Å²) >= 11 is 0. The number of benzene rings is 3. The number of carbonyl (C=O) groups is 2. The number of rotatable bonds is 14. The van der Waals surface area contributed by atoms with E-state index in [9.17, 15) is 22.8 Å². The highest BCUT2D eigenvalue weighted by Crippen LogP contribution is 2.27. The van der Waals surface area contributed by atoms with Crippen molar-refractivity contribution in [2.75, 3.05) is 25.1 Å². The summed E-state index contributed by atoms with van der Waals surface area (Å²) in [6.07, 6.45) is -4.23. The lowest BCUT2D eigenvalue weighted by molar-refractivity contribution is -0.274. The van der Waals surface area contributed by atoms with Crippen LogP contribution in [0.5, 0.6) is 5.75 Å². The van der Waals surface area contributed by atoms with E-state index in [1.165, 1.54) is 12.1 Å². The van der Waals surface area contributed by atoms with Gasteiger partial charge in [0.25, 0.3) is 5.91 Å². The van der Waals surface area contributed by atoms with Gasteiger partial charge in [-0.05, 0) is 65.4 Å². The summed E-state index contributed by atoms with van der Waals surface area (Å²) in [4.78, 5) is 22.8. The van der Waals surface area contributed by atoms with Crippen molar-refractivity contribution in [1.29, 1.82) is 0 Å². The summed E-state index contributed by atoms with van der Waals surface area (Å²) in [5.74, 6) is -1.21. The van der Waals surface area contributed by atoms with E-state index < -0.39 is 12.3 Å². The van der Waals surface area contributed by atoms with Gasteiger partial charge in [-0.1, -0.05) is 50.2 Å².